The normalized spacial score (nSPS) is 19.4. The Morgan fingerprint density at radius 2 is 2.06 bits per heavy atom. The van der Waals surface area contributed by atoms with Crippen molar-refractivity contribution in [2.24, 2.45) is 5.14 Å². The number of amides is 1. The van der Waals surface area contributed by atoms with Gasteiger partial charge in [0.2, 0.25) is 15.9 Å². The van der Waals surface area contributed by atoms with Crippen LogP contribution < -0.4 is 15.8 Å². The number of hydrogen-bond acceptors (Lipinski definition) is 5. The van der Waals surface area contributed by atoms with Gasteiger partial charge in [-0.1, -0.05) is 0 Å². The first-order valence-electron chi connectivity index (χ1n) is 6.13. The highest BCUT2D eigenvalue weighted by Gasteiger charge is 2.22. The average Bonchev–Trinajstić information content (AvgIpc) is 2.33. The van der Waals surface area contributed by atoms with Gasteiger partial charge in [0.25, 0.3) is 0 Å². The Labute approximate surface area is 108 Å². The third kappa shape index (κ3) is 5.76. The van der Waals surface area contributed by atoms with Gasteiger partial charge in [-0.25, -0.2) is 13.6 Å². The zero-order valence-corrected chi connectivity index (χ0v) is 11.5. The molecule has 0 saturated carbocycles. The van der Waals surface area contributed by atoms with E-state index in [1.165, 1.54) is 0 Å². The van der Waals surface area contributed by atoms with Crippen LogP contribution in [0.1, 0.15) is 13.3 Å². The molecule has 1 aliphatic heterocycles. The summed E-state index contributed by atoms with van der Waals surface area (Å²) >= 11 is 0. The molecule has 0 aliphatic carbocycles. The molecule has 1 aliphatic rings. The smallest absolute Gasteiger partial charge is 0.237 e. The summed E-state index contributed by atoms with van der Waals surface area (Å²) in [6.45, 7) is 5.69. The second-order valence-corrected chi connectivity index (χ2v) is 6.21. The summed E-state index contributed by atoms with van der Waals surface area (Å²) in [6.07, 6.45) is 0.346. The fourth-order valence-corrected chi connectivity index (χ4v) is 2.41. The predicted octanol–water partition coefficient (Wildman–Crippen LogP) is -1.93. The van der Waals surface area contributed by atoms with Crippen LogP contribution in [-0.2, 0) is 14.8 Å². The van der Waals surface area contributed by atoms with E-state index in [-0.39, 0.29) is 17.7 Å². The molecule has 18 heavy (non-hydrogen) atoms. The van der Waals surface area contributed by atoms with E-state index in [9.17, 15) is 13.2 Å². The first-order valence-corrected chi connectivity index (χ1v) is 7.84. The summed E-state index contributed by atoms with van der Waals surface area (Å²) in [5.41, 5.74) is 0. The van der Waals surface area contributed by atoms with E-state index in [0.29, 0.717) is 13.0 Å². The Kier molecular flexibility index (Phi) is 6.00. The molecule has 1 unspecified atom stereocenters. The van der Waals surface area contributed by atoms with Crippen molar-refractivity contribution in [2.45, 2.75) is 19.4 Å². The van der Waals surface area contributed by atoms with Gasteiger partial charge in [0.05, 0.1) is 11.8 Å². The minimum absolute atomic E-state index is 0.0636. The minimum atomic E-state index is -3.43. The topological polar surface area (TPSA) is 105 Å². The van der Waals surface area contributed by atoms with E-state index in [4.69, 9.17) is 5.14 Å². The van der Waals surface area contributed by atoms with Crippen LogP contribution in [0.15, 0.2) is 0 Å². The Bertz CT molecular complexity index is 365. The largest absolute Gasteiger partial charge is 0.355 e. The van der Waals surface area contributed by atoms with Crippen molar-refractivity contribution >= 4 is 15.9 Å². The maximum absolute atomic E-state index is 11.8. The van der Waals surface area contributed by atoms with Crippen molar-refractivity contribution in [3.63, 3.8) is 0 Å². The molecule has 0 bridgehead atoms. The van der Waals surface area contributed by atoms with E-state index in [1.807, 2.05) is 6.92 Å². The van der Waals surface area contributed by atoms with Crippen molar-refractivity contribution in [1.82, 2.24) is 15.5 Å². The van der Waals surface area contributed by atoms with Crippen LogP contribution in [0, 0.1) is 0 Å². The summed E-state index contributed by atoms with van der Waals surface area (Å²) in [7, 11) is -3.43. The minimum Gasteiger partial charge on any atom is -0.355 e. The van der Waals surface area contributed by atoms with Crippen LogP contribution in [0.2, 0.25) is 0 Å². The number of sulfonamides is 1. The van der Waals surface area contributed by atoms with Gasteiger partial charge in [0.1, 0.15) is 0 Å². The van der Waals surface area contributed by atoms with Gasteiger partial charge in [0, 0.05) is 32.7 Å². The molecule has 1 amide bonds. The van der Waals surface area contributed by atoms with Crippen LogP contribution in [-0.4, -0.2) is 63.7 Å². The SMILES string of the molecule is CC(C(=O)NCCCS(N)(=O)=O)N1CCNCC1. The molecule has 8 heteroatoms. The van der Waals surface area contributed by atoms with Crippen molar-refractivity contribution in [3.05, 3.63) is 0 Å². The number of nitrogens with zero attached hydrogens (tertiary/aromatic N) is 1. The standard InChI is InChI=1S/C10H22N4O3S/c1-9(14-6-4-12-5-7-14)10(15)13-3-2-8-18(11,16)17/h9,12H,2-8H2,1H3,(H,13,15)(H2,11,16,17). The lowest BCUT2D eigenvalue weighted by Gasteiger charge is -2.31. The zero-order valence-electron chi connectivity index (χ0n) is 10.7. The summed E-state index contributed by atoms with van der Waals surface area (Å²) in [4.78, 5) is 13.9. The molecule has 0 radical (unpaired) electrons. The average molecular weight is 278 g/mol. The Morgan fingerprint density at radius 3 is 2.61 bits per heavy atom. The highest BCUT2D eigenvalue weighted by Crippen LogP contribution is 2.00. The fraction of sp³-hybridized carbons (Fsp3) is 0.900. The van der Waals surface area contributed by atoms with E-state index in [0.717, 1.165) is 26.2 Å². The van der Waals surface area contributed by atoms with Gasteiger partial charge < -0.3 is 10.6 Å². The van der Waals surface area contributed by atoms with E-state index >= 15 is 0 Å². The molecule has 1 rings (SSSR count). The maximum atomic E-state index is 11.8. The molecule has 1 heterocycles. The number of primary sulfonamides is 1. The van der Waals surface area contributed by atoms with Crippen molar-refractivity contribution in [2.75, 3.05) is 38.5 Å². The van der Waals surface area contributed by atoms with Crippen LogP contribution in [0.3, 0.4) is 0 Å². The fourth-order valence-electron chi connectivity index (χ4n) is 1.87. The summed E-state index contributed by atoms with van der Waals surface area (Å²) in [6, 6.07) is -0.179. The van der Waals surface area contributed by atoms with Crippen molar-refractivity contribution in [3.8, 4) is 0 Å². The lowest BCUT2D eigenvalue weighted by Crippen LogP contribution is -2.52. The quantitative estimate of drug-likeness (QED) is 0.491. The second-order valence-electron chi connectivity index (χ2n) is 4.47. The Hall–Kier alpha value is -0.700. The highest BCUT2D eigenvalue weighted by molar-refractivity contribution is 7.89. The van der Waals surface area contributed by atoms with E-state index < -0.39 is 10.0 Å². The van der Waals surface area contributed by atoms with Crippen molar-refractivity contribution < 1.29 is 13.2 Å². The molecular weight excluding hydrogens is 256 g/mol. The lowest BCUT2D eigenvalue weighted by molar-refractivity contribution is -0.126. The number of nitrogens with one attached hydrogen (secondary N) is 2. The summed E-state index contributed by atoms with van der Waals surface area (Å²) < 4.78 is 21.4. The molecule has 106 valence electrons. The van der Waals surface area contributed by atoms with Crippen LogP contribution in [0.25, 0.3) is 0 Å². The first-order chi connectivity index (χ1) is 8.40. The Balaban J connectivity index is 2.23. The van der Waals surface area contributed by atoms with Gasteiger partial charge in [0.15, 0.2) is 0 Å². The van der Waals surface area contributed by atoms with E-state index in [2.05, 4.69) is 15.5 Å². The molecule has 0 aromatic carbocycles. The van der Waals surface area contributed by atoms with Crippen molar-refractivity contribution in [1.29, 1.82) is 0 Å². The number of nitrogens with two attached hydrogens (primary N) is 1. The summed E-state index contributed by atoms with van der Waals surface area (Å²) in [5.74, 6) is -0.165. The number of hydrogen-bond donors (Lipinski definition) is 3. The third-order valence-corrected chi connectivity index (χ3v) is 3.84. The first kappa shape index (κ1) is 15.4. The summed E-state index contributed by atoms with van der Waals surface area (Å²) in [5, 5.41) is 10.8. The number of carbonyl (C=O) groups is 1. The predicted molar refractivity (Wildman–Crippen MR) is 69.5 cm³/mol. The number of piperazine rings is 1. The van der Waals surface area contributed by atoms with Crippen LogP contribution in [0.5, 0.6) is 0 Å². The van der Waals surface area contributed by atoms with Gasteiger partial charge in [-0.3, -0.25) is 9.69 Å². The van der Waals surface area contributed by atoms with Gasteiger partial charge in [-0.05, 0) is 13.3 Å². The van der Waals surface area contributed by atoms with Crippen LogP contribution in [0.4, 0.5) is 0 Å². The zero-order chi connectivity index (χ0) is 13.6. The number of carbonyl (C=O) groups excluding carboxylic acids is 1. The van der Waals surface area contributed by atoms with Gasteiger partial charge in [-0.2, -0.15) is 0 Å². The molecule has 7 nitrogen and oxygen atoms in total. The molecule has 0 spiro atoms. The molecule has 1 fully saturated rings. The molecule has 0 aromatic rings. The molecule has 0 aromatic heterocycles. The van der Waals surface area contributed by atoms with Gasteiger partial charge in [-0.15, -0.1) is 0 Å². The number of rotatable bonds is 6. The van der Waals surface area contributed by atoms with Crippen LogP contribution >= 0.6 is 0 Å². The lowest BCUT2D eigenvalue weighted by atomic mass is 10.2. The molecule has 4 N–H and O–H groups in total. The Morgan fingerprint density at radius 1 is 1.44 bits per heavy atom. The monoisotopic (exact) mass is 278 g/mol. The van der Waals surface area contributed by atoms with Gasteiger partial charge >= 0.3 is 0 Å². The maximum Gasteiger partial charge on any atom is 0.237 e. The molecule has 1 saturated heterocycles. The van der Waals surface area contributed by atoms with E-state index in [1.54, 1.807) is 0 Å². The third-order valence-electron chi connectivity index (χ3n) is 2.98. The molecular formula is C10H22N4O3S. The second kappa shape index (κ2) is 7.03. The molecule has 1 atom stereocenters. The highest BCUT2D eigenvalue weighted by atomic mass is 32.2.